The standard InChI is InChI=1S/C9H6F3OS/c10-9(11,12)14-8-3-1-2-7(6-8)4-5-13/h1-3,6H,4H2. The topological polar surface area (TPSA) is 17.1 Å². The first kappa shape index (κ1) is 11.1. The molecule has 0 fully saturated rings. The van der Waals surface area contributed by atoms with Gasteiger partial charge in [0.2, 0.25) is 6.29 Å². The van der Waals surface area contributed by atoms with Gasteiger partial charge < -0.3 is 0 Å². The zero-order valence-electron chi connectivity index (χ0n) is 6.97. The Balaban J connectivity index is 2.78. The molecule has 1 radical (unpaired) electrons. The molecule has 0 bridgehead atoms. The second-order valence-electron chi connectivity index (χ2n) is 2.52. The minimum Gasteiger partial charge on any atom is -0.291 e. The summed E-state index contributed by atoms with van der Waals surface area (Å²) >= 11 is -0.189. The first-order chi connectivity index (χ1) is 6.51. The lowest BCUT2D eigenvalue weighted by Crippen LogP contribution is -1.99. The smallest absolute Gasteiger partial charge is 0.291 e. The fourth-order valence-electron chi connectivity index (χ4n) is 0.936. The van der Waals surface area contributed by atoms with Crippen LogP contribution in [0.5, 0.6) is 0 Å². The lowest BCUT2D eigenvalue weighted by Gasteiger charge is -2.05. The van der Waals surface area contributed by atoms with Gasteiger partial charge in [0.05, 0.1) is 0 Å². The molecule has 1 nitrogen and oxygen atoms in total. The van der Waals surface area contributed by atoms with Crippen LogP contribution in [-0.2, 0) is 11.2 Å². The van der Waals surface area contributed by atoms with E-state index >= 15 is 0 Å². The Morgan fingerprint density at radius 2 is 2.07 bits per heavy atom. The van der Waals surface area contributed by atoms with Gasteiger partial charge in [-0.2, -0.15) is 13.2 Å². The van der Waals surface area contributed by atoms with Gasteiger partial charge >= 0.3 is 5.51 Å². The molecular formula is C9H6F3OS. The van der Waals surface area contributed by atoms with Gasteiger partial charge in [-0.05, 0) is 29.5 Å². The van der Waals surface area contributed by atoms with E-state index in [9.17, 15) is 18.0 Å². The van der Waals surface area contributed by atoms with Crippen LogP contribution in [0, 0.1) is 0 Å². The molecule has 0 amide bonds. The van der Waals surface area contributed by atoms with Gasteiger partial charge in [-0.25, -0.2) is 0 Å². The normalized spacial score (nSPS) is 11.4. The summed E-state index contributed by atoms with van der Waals surface area (Å²) in [6.45, 7) is 0. The Morgan fingerprint density at radius 3 is 2.64 bits per heavy atom. The van der Waals surface area contributed by atoms with Crippen molar-refractivity contribution in [3.8, 4) is 0 Å². The molecule has 75 valence electrons. The Kier molecular flexibility index (Phi) is 3.57. The van der Waals surface area contributed by atoms with Crippen molar-refractivity contribution >= 4 is 18.0 Å². The number of alkyl halides is 3. The maximum atomic E-state index is 11.9. The van der Waals surface area contributed by atoms with Gasteiger partial charge in [-0.15, -0.1) is 0 Å². The number of rotatable bonds is 3. The highest BCUT2D eigenvalue weighted by Crippen LogP contribution is 2.36. The minimum absolute atomic E-state index is 0.0201. The third-order valence-electron chi connectivity index (χ3n) is 1.41. The molecule has 5 heteroatoms. The maximum Gasteiger partial charge on any atom is 0.446 e. The fourth-order valence-corrected chi connectivity index (χ4v) is 1.56. The van der Waals surface area contributed by atoms with E-state index in [4.69, 9.17) is 0 Å². The van der Waals surface area contributed by atoms with Crippen molar-refractivity contribution in [3.63, 3.8) is 0 Å². The highest BCUT2D eigenvalue weighted by molar-refractivity contribution is 8.00. The molecule has 0 atom stereocenters. The van der Waals surface area contributed by atoms with E-state index in [1.807, 2.05) is 0 Å². The summed E-state index contributed by atoms with van der Waals surface area (Å²) in [4.78, 5) is 10.1. The lowest BCUT2D eigenvalue weighted by molar-refractivity contribution is -0.0328. The van der Waals surface area contributed by atoms with Crippen molar-refractivity contribution < 1.29 is 18.0 Å². The molecule has 1 aromatic carbocycles. The summed E-state index contributed by atoms with van der Waals surface area (Å²) < 4.78 is 35.8. The molecule has 0 aromatic heterocycles. The van der Waals surface area contributed by atoms with Crippen LogP contribution in [0.2, 0.25) is 0 Å². The molecule has 0 N–H and O–H groups in total. The largest absolute Gasteiger partial charge is 0.446 e. The third kappa shape index (κ3) is 3.83. The van der Waals surface area contributed by atoms with E-state index in [2.05, 4.69) is 0 Å². The molecule has 0 aliphatic carbocycles. The summed E-state index contributed by atoms with van der Waals surface area (Å²) in [6, 6.07) is 5.77. The number of thioether (sulfide) groups is 1. The average Bonchev–Trinajstić information content (AvgIpc) is 2.02. The van der Waals surface area contributed by atoms with Crippen molar-refractivity contribution in [1.82, 2.24) is 0 Å². The number of carbonyl (C=O) groups excluding carboxylic acids is 1. The van der Waals surface area contributed by atoms with Crippen LogP contribution in [0.25, 0.3) is 0 Å². The minimum atomic E-state index is -4.29. The van der Waals surface area contributed by atoms with Crippen LogP contribution in [0.3, 0.4) is 0 Å². The van der Waals surface area contributed by atoms with Gasteiger partial charge in [0.15, 0.2) is 0 Å². The first-order valence-corrected chi connectivity index (χ1v) is 4.52. The summed E-state index contributed by atoms with van der Waals surface area (Å²) in [5.74, 6) is 0. The SMILES string of the molecule is O=[C]Cc1cccc(SC(F)(F)F)c1. The Labute approximate surface area is 83.3 Å². The van der Waals surface area contributed by atoms with E-state index in [0.717, 1.165) is 0 Å². The molecule has 14 heavy (non-hydrogen) atoms. The second kappa shape index (κ2) is 4.50. The highest BCUT2D eigenvalue weighted by atomic mass is 32.2. The van der Waals surface area contributed by atoms with Gasteiger partial charge in [0, 0.05) is 11.3 Å². The molecule has 0 heterocycles. The third-order valence-corrected chi connectivity index (χ3v) is 2.13. The van der Waals surface area contributed by atoms with Crippen molar-refractivity contribution in [1.29, 1.82) is 0 Å². The zero-order valence-corrected chi connectivity index (χ0v) is 7.78. The van der Waals surface area contributed by atoms with Crippen molar-refractivity contribution in [2.45, 2.75) is 16.8 Å². The summed E-state index contributed by atoms with van der Waals surface area (Å²) in [5.41, 5.74) is -3.75. The summed E-state index contributed by atoms with van der Waals surface area (Å²) in [7, 11) is 0. The zero-order chi connectivity index (χ0) is 10.6. The van der Waals surface area contributed by atoms with E-state index in [1.54, 1.807) is 12.4 Å². The Hall–Kier alpha value is -0.970. The summed E-state index contributed by atoms with van der Waals surface area (Å²) in [5, 5.41) is 0. The van der Waals surface area contributed by atoms with Gasteiger partial charge in [0.1, 0.15) is 0 Å². The number of halogens is 3. The van der Waals surface area contributed by atoms with E-state index in [1.165, 1.54) is 18.2 Å². The van der Waals surface area contributed by atoms with Crippen molar-refractivity contribution in [2.75, 3.05) is 0 Å². The molecule has 0 aliphatic heterocycles. The quantitative estimate of drug-likeness (QED) is 0.727. The van der Waals surface area contributed by atoms with Crippen LogP contribution in [0.15, 0.2) is 29.2 Å². The lowest BCUT2D eigenvalue weighted by atomic mass is 10.2. The average molecular weight is 219 g/mol. The molecule has 0 saturated carbocycles. The number of hydrogen-bond donors (Lipinski definition) is 0. The maximum absolute atomic E-state index is 11.9. The molecule has 1 aromatic rings. The Bertz CT molecular complexity index is 322. The molecule has 0 unspecified atom stereocenters. The van der Waals surface area contributed by atoms with Crippen LogP contribution in [-0.4, -0.2) is 11.8 Å². The second-order valence-corrected chi connectivity index (χ2v) is 3.65. The fraction of sp³-hybridized carbons (Fsp3) is 0.222. The molecule has 0 saturated heterocycles. The monoisotopic (exact) mass is 219 g/mol. The molecule has 0 spiro atoms. The molecule has 1 rings (SSSR count). The van der Waals surface area contributed by atoms with Crippen LogP contribution in [0.1, 0.15) is 5.56 Å². The molecular weight excluding hydrogens is 213 g/mol. The van der Waals surface area contributed by atoms with Crippen LogP contribution in [0.4, 0.5) is 13.2 Å². The van der Waals surface area contributed by atoms with Gasteiger partial charge in [-0.3, -0.25) is 4.79 Å². The van der Waals surface area contributed by atoms with Crippen molar-refractivity contribution in [3.05, 3.63) is 29.8 Å². The van der Waals surface area contributed by atoms with Gasteiger partial charge in [0.25, 0.3) is 0 Å². The number of hydrogen-bond acceptors (Lipinski definition) is 2. The van der Waals surface area contributed by atoms with Gasteiger partial charge in [-0.1, -0.05) is 12.1 Å². The molecule has 0 aliphatic rings. The van der Waals surface area contributed by atoms with E-state index in [0.29, 0.717) is 5.56 Å². The van der Waals surface area contributed by atoms with Crippen LogP contribution >= 0.6 is 11.8 Å². The highest BCUT2D eigenvalue weighted by Gasteiger charge is 2.29. The number of benzene rings is 1. The summed E-state index contributed by atoms with van der Waals surface area (Å²) in [6.07, 6.45) is 1.65. The predicted octanol–water partition coefficient (Wildman–Crippen LogP) is 2.95. The first-order valence-electron chi connectivity index (χ1n) is 3.71. The predicted molar refractivity (Wildman–Crippen MR) is 47.8 cm³/mol. The van der Waals surface area contributed by atoms with E-state index in [-0.39, 0.29) is 23.1 Å². The van der Waals surface area contributed by atoms with E-state index < -0.39 is 5.51 Å². The Morgan fingerprint density at radius 1 is 1.36 bits per heavy atom. The van der Waals surface area contributed by atoms with Crippen molar-refractivity contribution in [2.24, 2.45) is 0 Å². The van der Waals surface area contributed by atoms with Crippen LogP contribution < -0.4 is 0 Å².